The Hall–Kier alpha value is -0.760. The quantitative estimate of drug-likeness (QED) is 0.227. The van der Waals surface area contributed by atoms with Crippen molar-refractivity contribution in [2.75, 3.05) is 13.2 Å². The summed E-state index contributed by atoms with van der Waals surface area (Å²) >= 11 is 0. The van der Waals surface area contributed by atoms with Crippen molar-refractivity contribution in [3.63, 3.8) is 0 Å². The first-order valence-electron chi connectivity index (χ1n) is 5.76. The van der Waals surface area contributed by atoms with E-state index < -0.39 is 68.5 Å². The molecule has 1 heterocycles. The fraction of sp³-hybridized carbons (Fsp3) is 0.857. The minimum Gasteiger partial charge on any atom is -0.735 e. The van der Waals surface area contributed by atoms with Crippen LogP contribution in [0.3, 0.4) is 0 Å². The molecule has 14 nitrogen and oxygen atoms in total. The third-order valence-electron chi connectivity index (χ3n) is 2.75. The second-order valence-corrected chi connectivity index (χ2v) is 7.63. The van der Waals surface area contributed by atoms with Crippen LogP contribution in [0.1, 0.15) is 0 Å². The van der Waals surface area contributed by atoms with Gasteiger partial charge in [0.25, 0.3) is 0 Å². The van der Waals surface area contributed by atoms with Crippen molar-refractivity contribution in [3.05, 3.63) is 0 Å². The minimum absolute atomic E-state index is 0.0352. The molecule has 0 aromatic heterocycles. The van der Waals surface area contributed by atoms with E-state index in [2.05, 4.69) is 8.37 Å². The van der Waals surface area contributed by atoms with E-state index in [1.807, 2.05) is 0 Å². The predicted octanol–water partition coefficient (Wildman–Crippen LogP) is -4.06. The van der Waals surface area contributed by atoms with Crippen LogP contribution in [0.2, 0.25) is 0 Å². The van der Waals surface area contributed by atoms with Gasteiger partial charge in [-0.05, 0) is 0 Å². The molecule has 1 rings (SSSR count). The summed E-state index contributed by atoms with van der Waals surface area (Å²) in [5, 5.41) is 0. The van der Waals surface area contributed by atoms with Gasteiger partial charge in [0.1, 0.15) is 12.4 Å². The highest BCUT2D eigenvalue weighted by Gasteiger charge is 2.43. The molecule has 0 saturated carbocycles. The molecule has 142 valence electrons. The molecule has 0 radical (unpaired) electrons. The van der Waals surface area contributed by atoms with Crippen molar-refractivity contribution in [2.24, 2.45) is 5.92 Å². The molecule has 1 aliphatic heterocycles. The standard InChI is InChI=1S/C7H13NO13S3/c9-1-4-6(3-20-23(13,14)15)19-2-5(8-22(10,11)12)7(4)21-24(16,17)18/h1,4-8H,2-3H2,(H,10,11,12)(H,13,14,15)(H,16,17,18)/p-3/t4-,5?,6?,7-/m0/s1. The van der Waals surface area contributed by atoms with Crippen LogP contribution in [-0.4, -0.2) is 76.7 Å². The van der Waals surface area contributed by atoms with E-state index in [9.17, 15) is 43.7 Å². The van der Waals surface area contributed by atoms with E-state index in [0.29, 0.717) is 0 Å². The van der Waals surface area contributed by atoms with Crippen molar-refractivity contribution in [1.29, 1.82) is 0 Å². The zero-order chi connectivity index (χ0) is 18.8. The molecule has 17 heteroatoms. The number of aldehydes is 1. The lowest BCUT2D eigenvalue weighted by molar-refractivity contribution is -0.138. The Morgan fingerprint density at radius 2 is 1.67 bits per heavy atom. The lowest BCUT2D eigenvalue weighted by atomic mass is 9.90. The number of hydrogen-bond acceptors (Lipinski definition) is 13. The largest absolute Gasteiger partial charge is 0.735 e. The first kappa shape index (κ1) is 21.3. The molecule has 1 fully saturated rings. The maximum Gasteiger partial charge on any atom is 0.217 e. The van der Waals surface area contributed by atoms with Crippen LogP contribution in [0.5, 0.6) is 0 Å². The molecule has 24 heavy (non-hydrogen) atoms. The second-order valence-electron chi connectivity index (χ2n) is 4.43. The van der Waals surface area contributed by atoms with Gasteiger partial charge in [-0.3, -0.25) is 8.37 Å². The molecule has 0 bridgehead atoms. The van der Waals surface area contributed by atoms with E-state index in [0.717, 1.165) is 0 Å². The average molecular weight is 412 g/mol. The molecule has 1 aliphatic rings. The number of nitrogens with one attached hydrogen (secondary N) is 1. The highest BCUT2D eigenvalue weighted by atomic mass is 32.3. The van der Waals surface area contributed by atoms with Crippen molar-refractivity contribution in [3.8, 4) is 0 Å². The Labute approximate surface area is 136 Å². The molecule has 0 aromatic rings. The second kappa shape index (κ2) is 7.64. The Balaban J connectivity index is 3.07. The normalized spacial score (nSPS) is 29.3. The van der Waals surface area contributed by atoms with Gasteiger partial charge in [0.2, 0.25) is 20.8 Å². The number of carbonyl (C=O) groups is 1. The molecule has 1 N–H and O–H groups in total. The van der Waals surface area contributed by atoms with Crippen molar-refractivity contribution < 1.29 is 56.8 Å². The zero-order valence-electron chi connectivity index (χ0n) is 11.3. The summed E-state index contributed by atoms with van der Waals surface area (Å²) in [6.45, 7) is -1.82. The molecule has 0 aliphatic carbocycles. The Morgan fingerprint density at radius 3 is 2.08 bits per heavy atom. The third kappa shape index (κ3) is 7.42. The van der Waals surface area contributed by atoms with Gasteiger partial charge in [-0.25, -0.2) is 30.0 Å². The Bertz CT molecular complexity index is 755. The molecule has 1 saturated heterocycles. The van der Waals surface area contributed by atoms with E-state index in [-0.39, 0.29) is 6.29 Å². The van der Waals surface area contributed by atoms with Gasteiger partial charge in [-0.1, -0.05) is 0 Å². The Morgan fingerprint density at radius 1 is 1.08 bits per heavy atom. The lowest BCUT2D eigenvalue weighted by Crippen LogP contribution is -2.59. The average Bonchev–Trinajstić information content (AvgIpc) is 2.34. The van der Waals surface area contributed by atoms with Gasteiger partial charge in [0.05, 0.1) is 31.3 Å². The van der Waals surface area contributed by atoms with Gasteiger partial charge in [-0.15, -0.1) is 0 Å². The SMILES string of the molecule is O=C[C@H]1C(COS(=O)(=O)[O-])OCC(NS(=O)(=O)[O-])[C@H]1OS(=O)(=O)[O-]. The summed E-state index contributed by atoms with van der Waals surface area (Å²) in [7, 11) is -15.8. The van der Waals surface area contributed by atoms with Crippen LogP contribution in [0.4, 0.5) is 0 Å². The first-order valence-corrected chi connectivity index (χ1v) is 9.84. The van der Waals surface area contributed by atoms with E-state index in [1.54, 1.807) is 0 Å². The molecule has 0 spiro atoms. The molecular weight excluding hydrogens is 402 g/mol. The predicted molar refractivity (Wildman–Crippen MR) is 66.1 cm³/mol. The van der Waals surface area contributed by atoms with Crippen LogP contribution >= 0.6 is 0 Å². The van der Waals surface area contributed by atoms with Crippen molar-refractivity contribution in [1.82, 2.24) is 4.72 Å². The van der Waals surface area contributed by atoms with E-state index in [1.165, 1.54) is 4.72 Å². The number of ether oxygens (including phenoxy) is 1. The number of rotatable bonds is 8. The van der Waals surface area contributed by atoms with Gasteiger partial charge in [0, 0.05) is 0 Å². The van der Waals surface area contributed by atoms with Crippen LogP contribution in [0.15, 0.2) is 0 Å². The molecular formula is C7H10NO13S3-3. The summed E-state index contributed by atoms with van der Waals surface area (Å²) in [5.41, 5.74) is 0. The van der Waals surface area contributed by atoms with Crippen LogP contribution in [0, 0.1) is 5.92 Å². The van der Waals surface area contributed by atoms with Crippen LogP contribution < -0.4 is 4.72 Å². The summed E-state index contributed by atoms with van der Waals surface area (Å²) in [6, 6.07) is -1.74. The monoisotopic (exact) mass is 412 g/mol. The summed E-state index contributed by atoms with van der Waals surface area (Å²) in [4.78, 5) is 11.1. The number of carbonyl (C=O) groups excluding carboxylic acids is 1. The molecule has 0 aromatic carbocycles. The van der Waals surface area contributed by atoms with Crippen LogP contribution in [-0.2, 0) is 49.0 Å². The topological polar surface area (TPSA) is 228 Å². The summed E-state index contributed by atoms with van der Waals surface area (Å²) in [5.74, 6) is -1.75. The van der Waals surface area contributed by atoms with Gasteiger partial charge < -0.3 is 23.2 Å². The molecule has 0 amide bonds. The van der Waals surface area contributed by atoms with Gasteiger partial charge in [-0.2, -0.15) is 0 Å². The maximum absolute atomic E-state index is 11.1. The highest BCUT2D eigenvalue weighted by molar-refractivity contribution is 7.83. The maximum atomic E-state index is 11.1. The van der Waals surface area contributed by atoms with Crippen LogP contribution in [0.25, 0.3) is 0 Å². The molecule has 4 atom stereocenters. The van der Waals surface area contributed by atoms with Crippen molar-refractivity contribution in [2.45, 2.75) is 18.2 Å². The van der Waals surface area contributed by atoms with Gasteiger partial charge >= 0.3 is 0 Å². The smallest absolute Gasteiger partial charge is 0.217 e. The van der Waals surface area contributed by atoms with E-state index >= 15 is 0 Å². The zero-order valence-corrected chi connectivity index (χ0v) is 13.8. The third-order valence-corrected chi connectivity index (χ3v) is 4.23. The first-order chi connectivity index (χ1) is 10.7. The summed E-state index contributed by atoms with van der Waals surface area (Å²) < 4.78 is 110. The fourth-order valence-electron chi connectivity index (χ4n) is 1.94. The lowest BCUT2D eigenvalue weighted by Gasteiger charge is -2.40. The fourth-order valence-corrected chi connectivity index (χ4v) is 3.35. The highest BCUT2D eigenvalue weighted by Crippen LogP contribution is 2.25. The minimum atomic E-state index is -5.44. The van der Waals surface area contributed by atoms with E-state index in [4.69, 9.17) is 4.74 Å². The Kier molecular flexibility index (Phi) is 6.77. The number of hydrogen-bond donors (Lipinski definition) is 1. The molecule has 2 unspecified atom stereocenters. The van der Waals surface area contributed by atoms with Crippen molar-refractivity contribution >= 4 is 37.4 Å². The summed E-state index contributed by atoms with van der Waals surface area (Å²) in [6.07, 6.45) is -3.62. The van der Waals surface area contributed by atoms with Gasteiger partial charge in [0.15, 0.2) is 10.3 Å².